The summed E-state index contributed by atoms with van der Waals surface area (Å²) in [7, 11) is 0. The summed E-state index contributed by atoms with van der Waals surface area (Å²) >= 11 is 0. The van der Waals surface area contributed by atoms with Gasteiger partial charge in [-0.2, -0.15) is 0 Å². The minimum absolute atomic E-state index is 0.0469. The Morgan fingerprint density at radius 1 is 1.50 bits per heavy atom. The molecule has 0 amide bonds. The molecule has 0 saturated heterocycles. The maximum atomic E-state index is 10.6. The predicted molar refractivity (Wildman–Crippen MR) is 57.3 cm³/mol. The molecule has 4 nitrogen and oxygen atoms in total. The number of benzene rings is 1. The van der Waals surface area contributed by atoms with Gasteiger partial charge < -0.3 is 9.63 Å². The van der Waals surface area contributed by atoms with Crippen LogP contribution in [0.15, 0.2) is 22.7 Å². The zero-order chi connectivity index (χ0) is 11.1. The van der Waals surface area contributed by atoms with Crippen molar-refractivity contribution >= 4 is 16.9 Å². The highest BCUT2D eigenvalue weighted by Crippen LogP contribution is 2.43. The Bertz CT molecular complexity index is 554. The Kier molecular flexibility index (Phi) is 1.96. The molecule has 1 aliphatic rings. The summed E-state index contributed by atoms with van der Waals surface area (Å²) < 4.78 is 5.30. The highest BCUT2D eigenvalue weighted by Gasteiger charge is 2.29. The number of aromatic nitrogens is 1. The Labute approximate surface area is 91.9 Å². The minimum Gasteiger partial charge on any atom is -0.481 e. The zero-order valence-electron chi connectivity index (χ0n) is 8.64. The van der Waals surface area contributed by atoms with Crippen molar-refractivity contribution in [3.8, 4) is 0 Å². The molecule has 1 saturated carbocycles. The standard InChI is InChI=1S/C12H11NO3/c14-11(15)6-7-1-4-10-9(5-7)12(16-13-10)8-2-3-8/h1,4-5,8H,2-3,6H2,(H,14,15). The van der Waals surface area contributed by atoms with Crippen molar-refractivity contribution in [1.29, 1.82) is 0 Å². The van der Waals surface area contributed by atoms with Gasteiger partial charge in [0.15, 0.2) is 0 Å². The molecule has 0 bridgehead atoms. The summed E-state index contributed by atoms with van der Waals surface area (Å²) in [5, 5.41) is 13.7. The number of hydrogen-bond acceptors (Lipinski definition) is 3. The van der Waals surface area contributed by atoms with E-state index < -0.39 is 5.97 Å². The summed E-state index contributed by atoms with van der Waals surface area (Å²) in [6.45, 7) is 0. The van der Waals surface area contributed by atoms with Crippen molar-refractivity contribution in [2.24, 2.45) is 0 Å². The Morgan fingerprint density at radius 3 is 3.00 bits per heavy atom. The van der Waals surface area contributed by atoms with Crippen LogP contribution in [0, 0.1) is 0 Å². The summed E-state index contributed by atoms with van der Waals surface area (Å²) in [6.07, 6.45) is 2.34. The fourth-order valence-electron chi connectivity index (χ4n) is 1.93. The molecule has 1 aromatic carbocycles. The first-order valence-corrected chi connectivity index (χ1v) is 5.34. The molecule has 1 N–H and O–H groups in total. The monoisotopic (exact) mass is 217 g/mol. The second kappa shape index (κ2) is 3.33. The van der Waals surface area contributed by atoms with Crippen LogP contribution < -0.4 is 0 Å². The van der Waals surface area contributed by atoms with Crippen molar-refractivity contribution in [2.45, 2.75) is 25.2 Å². The number of rotatable bonds is 3. The SMILES string of the molecule is O=C(O)Cc1ccc2noc(C3CC3)c2c1. The lowest BCUT2D eigenvalue weighted by atomic mass is 10.1. The van der Waals surface area contributed by atoms with Gasteiger partial charge in [0.1, 0.15) is 11.3 Å². The van der Waals surface area contributed by atoms with E-state index in [1.807, 2.05) is 12.1 Å². The van der Waals surface area contributed by atoms with Crippen LogP contribution in [-0.4, -0.2) is 16.2 Å². The fraction of sp³-hybridized carbons (Fsp3) is 0.333. The molecule has 1 fully saturated rings. The van der Waals surface area contributed by atoms with Gasteiger partial charge in [-0.3, -0.25) is 4.79 Å². The van der Waals surface area contributed by atoms with Crippen molar-refractivity contribution in [3.05, 3.63) is 29.5 Å². The molecular formula is C12H11NO3. The zero-order valence-corrected chi connectivity index (χ0v) is 8.64. The average molecular weight is 217 g/mol. The van der Waals surface area contributed by atoms with Crippen LogP contribution in [0.5, 0.6) is 0 Å². The predicted octanol–water partition coefficient (Wildman–Crippen LogP) is 2.33. The molecular weight excluding hydrogens is 206 g/mol. The van der Waals surface area contributed by atoms with Gasteiger partial charge in [-0.15, -0.1) is 0 Å². The average Bonchev–Trinajstić information content (AvgIpc) is 2.98. The lowest BCUT2D eigenvalue weighted by molar-refractivity contribution is -0.136. The number of fused-ring (bicyclic) bond motifs is 1. The van der Waals surface area contributed by atoms with Crippen LogP contribution in [0.1, 0.15) is 30.1 Å². The minimum atomic E-state index is -0.816. The van der Waals surface area contributed by atoms with E-state index in [9.17, 15) is 4.79 Å². The van der Waals surface area contributed by atoms with Crippen molar-refractivity contribution < 1.29 is 14.4 Å². The number of carboxylic acid groups (broad SMARTS) is 1. The van der Waals surface area contributed by atoms with E-state index in [1.54, 1.807) is 6.07 Å². The van der Waals surface area contributed by atoms with Crippen molar-refractivity contribution in [3.63, 3.8) is 0 Å². The topological polar surface area (TPSA) is 63.3 Å². The van der Waals surface area contributed by atoms with Crippen molar-refractivity contribution in [2.75, 3.05) is 0 Å². The second-order valence-corrected chi connectivity index (χ2v) is 4.24. The third kappa shape index (κ3) is 1.56. The molecule has 4 heteroatoms. The van der Waals surface area contributed by atoms with Gasteiger partial charge in [-0.05, 0) is 30.5 Å². The van der Waals surface area contributed by atoms with E-state index in [-0.39, 0.29) is 6.42 Å². The molecule has 0 unspecified atom stereocenters. The van der Waals surface area contributed by atoms with Gasteiger partial charge in [0.25, 0.3) is 0 Å². The number of aliphatic carboxylic acids is 1. The molecule has 82 valence electrons. The van der Waals surface area contributed by atoms with Gasteiger partial charge in [0, 0.05) is 11.3 Å². The van der Waals surface area contributed by atoms with Gasteiger partial charge in [0.2, 0.25) is 0 Å². The smallest absolute Gasteiger partial charge is 0.307 e. The first-order valence-electron chi connectivity index (χ1n) is 5.34. The third-order valence-electron chi connectivity index (χ3n) is 2.87. The largest absolute Gasteiger partial charge is 0.481 e. The van der Waals surface area contributed by atoms with Crippen LogP contribution in [-0.2, 0) is 11.2 Å². The summed E-state index contributed by atoms with van der Waals surface area (Å²) in [5.41, 5.74) is 1.61. The van der Waals surface area contributed by atoms with E-state index in [1.165, 1.54) is 0 Å². The van der Waals surface area contributed by atoms with E-state index in [4.69, 9.17) is 9.63 Å². The molecule has 1 aliphatic carbocycles. The second-order valence-electron chi connectivity index (χ2n) is 4.24. The molecule has 0 radical (unpaired) electrons. The van der Waals surface area contributed by atoms with Crippen LogP contribution in [0.4, 0.5) is 0 Å². The summed E-state index contributed by atoms with van der Waals surface area (Å²) in [6, 6.07) is 5.49. The highest BCUT2D eigenvalue weighted by molar-refractivity contribution is 5.83. The van der Waals surface area contributed by atoms with Crippen LogP contribution in [0.2, 0.25) is 0 Å². The molecule has 0 aliphatic heterocycles. The number of hydrogen-bond donors (Lipinski definition) is 1. The molecule has 3 rings (SSSR count). The van der Waals surface area contributed by atoms with Gasteiger partial charge in [-0.25, -0.2) is 0 Å². The molecule has 0 spiro atoms. The Hall–Kier alpha value is -1.84. The lowest BCUT2D eigenvalue weighted by Crippen LogP contribution is -1.99. The molecule has 0 atom stereocenters. The Morgan fingerprint density at radius 2 is 2.31 bits per heavy atom. The fourth-order valence-corrected chi connectivity index (χ4v) is 1.93. The Balaban J connectivity index is 2.06. The molecule has 16 heavy (non-hydrogen) atoms. The van der Waals surface area contributed by atoms with E-state index >= 15 is 0 Å². The van der Waals surface area contributed by atoms with E-state index in [0.717, 1.165) is 35.1 Å². The normalized spacial score (nSPS) is 15.5. The van der Waals surface area contributed by atoms with Crippen LogP contribution >= 0.6 is 0 Å². The van der Waals surface area contributed by atoms with E-state index in [2.05, 4.69) is 5.16 Å². The number of nitrogens with zero attached hydrogens (tertiary/aromatic N) is 1. The van der Waals surface area contributed by atoms with Crippen molar-refractivity contribution in [1.82, 2.24) is 5.16 Å². The maximum Gasteiger partial charge on any atom is 0.307 e. The molecule has 2 aromatic rings. The summed E-state index contributed by atoms with van der Waals surface area (Å²) in [5.74, 6) is 0.594. The lowest BCUT2D eigenvalue weighted by Gasteiger charge is -1.97. The summed E-state index contributed by atoms with van der Waals surface area (Å²) in [4.78, 5) is 10.6. The molecule has 1 aromatic heterocycles. The third-order valence-corrected chi connectivity index (χ3v) is 2.87. The van der Waals surface area contributed by atoms with Gasteiger partial charge >= 0.3 is 5.97 Å². The quantitative estimate of drug-likeness (QED) is 0.857. The van der Waals surface area contributed by atoms with Crippen LogP contribution in [0.3, 0.4) is 0 Å². The van der Waals surface area contributed by atoms with Gasteiger partial charge in [-0.1, -0.05) is 11.2 Å². The van der Waals surface area contributed by atoms with E-state index in [0.29, 0.717) is 5.92 Å². The number of carbonyl (C=O) groups is 1. The highest BCUT2D eigenvalue weighted by atomic mass is 16.5. The van der Waals surface area contributed by atoms with Crippen LogP contribution in [0.25, 0.3) is 10.9 Å². The maximum absolute atomic E-state index is 10.6. The number of carboxylic acids is 1. The van der Waals surface area contributed by atoms with Gasteiger partial charge in [0.05, 0.1) is 6.42 Å². The first-order chi connectivity index (χ1) is 7.74. The first kappa shape index (κ1) is 9.39. The molecule has 1 heterocycles.